The van der Waals surface area contributed by atoms with Gasteiger partial charge in [0.05, 0.1) is 17.0 Å². The first-order valence-electron chi connectivity index (χ1n) is 16.4. The monoisotopic (exact) mass is 738 g/mol. The van der Waals surface area contributed by atoms with Gasteiger partial charge in [-0.25, -0.2) is 4.79 Å². The Morgan fingerprint density at radius 3 is 1.98 bits per heavy atom. The molecule has 0 N–H and O–H groups in total. The highest BCUT2D eigenvalue weighted by atomic mass is 19.4. The Labute approximate surface area is 290 Å². The minimum atomic E-state index is -6.04. The molecule has 51 heavy (non-hydrogen) atoms. The molecule has 1 heterocycles. The summed E-state index contributed by atoms with van der Waals surface area (Å²) in [6.07, 6.45) is -1.90. The zero-order chi connectivity index (χ0) is 38.8. The zero-order valence-corrected chi connectivity index (χ0v) is 29.5. The van der Waals surface area contributed by atoms with E-state index in [9.17, 15) is 49.1 Å². The van der Waals surface area contributed by atoms with Gasteiger partial charge in [0, 0.05) is 17.0 Å². The summed E-state index contributed by atoms with van der Waals surface area (Å²) in [4.78, 5) is 25.5. The summed E-state index contributed by atoms with van der Waals surface area (Å²) in [6.45, 7) is 7.55. The predicted octanol–water partition coefficient (Wildman–Crippen LogP) is 11.1. The molecule has 1 unspecified atom stereocenters. The van der Waals surface area contributed by atoms with Gasteiger partial charge in [-0.15, -0.1) is 0 Å². The van der Waals surface area contributed by atoms with Crippen LogP contribution in [-0.2, 0) is 22.1 Å². The Balaban J connectivity index is 1.81. The summed E-state index contributed by atoms with van der Waals surface area (Å²) in [7, 11) is 0. The second-order valence-corrected chi connectivity index (χ2v) is 15.0. The second kappa shape index (κ2) is 15.1. The van der Waals surface area contributed by atoms with Crippen LogP contribution in [0.15, 0.2) is 51.7 Å². The Kier molecular flexibility index (Phi) is 12.4. The van der Waals surface area contributed by atoms with E-state index in [1.807, 2.05) is 6.92 Å². The average Bonchev–Trinajstić information content (AvgIpc) is 2.99. The van der Waals surface area contributed by atoms with Gasteiger partial charge < -0.3 is 13.9 Å². The Morgan fingerprint density at radius 2 is 1.41 bits per heavy atom. The van der Waals surface area contributed by atoms with Crippen LogP contribution in [0.2, 0.25) is 0 Å². The molecular weight excluding hydrogens is 695 g/mol. The number of aryl methyl sites for hydroxylation is 1. The third-order valence-electron chi connectivity index (χ3n) is 8.34. The van der Waals surface area contributed by atoms with E-state index >= 15 is 0 Å². The lowest BCUT2D eigenvalue weighted by Gasteiger charge is -2.35. The van der Waals surface area contributed by atoms with Crippen LogP contribution in [0.1, 0.15) is 85.3 Å². The number of carbonyl (C=O) groups is 1. The summed E-state index contributed by atoms with van der Waals surface area (Å²) in [6, 6.07) is 7.58. The van der Waals surface area contributed by atoms with Crippen molar-refractivity contribution in [3.63, 3.8) is 0 Å². The highest BCUT2D eigenvalue weighted by molar-refractivity contribution is 5.83. The number of esters is 1. The number of halogens is 9. The Morgan fingerprint density at radius 1 is 0.784 bits per heavy atom. The van der Waals surface area contributed by atoms with Crippen molar-refractivity contribution in [2.24, 2.45) is 16.7 Å². The highest BCUT2D eigenvalue weighted by Crippen LogP contribution is 2.47. The van der Waals surface area contributed by atoms with Gasteiger partial charge in [-0.05, 0) is 59.9 Å². The Hall–Kier alpha value is -3.71. The first-order valence-corrected chi connectivity index (χ1v) is 16.4. The van der Waals surface area contributed by atoms with E-state index in [1.54, 1.807) is 41.5 Å². The smallest absolute Gasteiger partial charge is 0.417 e. The molecule has 0 aliphatic carbocycles. The molecule has 3 rings (SSSR count). The van der Waals surface area contributed by atoms with Crippen molar-refractivity contribution >= 4 is 16.9 Å². The summed E-state index contributed by atoms with van der Waals surface area (Å²) in [5, 5.41) is 0.0301. The summed E-state index contributed by atoms with van der Waals surface area (Å²) < 4.78 is 144. The predicted molar refractivity (Wildman–Crippen MR) is 174 cm³/mol. The van der Waals surface area contributed by atoms with Crippen LogP contribution in [0.5, 0.6) is 5.75 Å². The van der Waals surface area contributed by atoms with Crippen molar-refractivity contribution in [3.05, 3.63) is 64.0 Å². The summed E-state index contributed by atoms with van der Waals surface area (Å²) in [5.74, 6) is -19.9. The van der Waals surface area contributed by atoms with Gasteiger partial charge in [-0.2, -0.15) is 39.5 Å². The van der Waals surface area contributed by atoms with Gasteiger partial charge >= 0.3 is 35.5 Å². The number of alkyl halides is 9. The van der Waals surface area contributed by atoms with E-state index in [0.717, 1.165) is 49.2 Å². The molecule has 14 heteroatoms. The largest absolute Gasteiger partial charge is 0.487 e. The molecule has 0 amide bonds. The normalized spacial score (nSPS) is 14.1. The van der Waals surface area contributed by atoms with Crippen molar-refractivity contribution in [2.45, 2.75) is 105 Å². The third kappa shape index (κ3) is 10.2. The van der Waals surface area contributed by atoms with E-state index in [-0.39, 0.29) is 17.4 Å². The van der Waals surface area contributed by atoms with E-state index < -0.39 is 87.9 Å². The number of unbranched alkanes of at least 4 members (excludes halogenated alkanes) is 2. The van der Waals surface area contributed by atoms with Gasteiger partial charge in [-0.3, -0.25) is 4.79 Å². The van der Waals surface area contributed by atoms with Gasteiger partial charge in [0.1, 0.15) is 11.3 Å². The van der Waals surface area contributed by atoms with Crippen molar-refractivity contribution in [1.82, 2.24) is 0 Å². The molecule has 0 saturated heterocycles. The molecule has 5 nitrogen and oxygen atoms in total. The fraction of sp³-hybridized carbons (Fsp3) is 0.568. The zero-order valence-electron chi connectivity index (χ0n) is 29.5. The third-order valence-corrected chi connectivity index (χ3v) is 8.34. The van der Waals surface area contributed by atoms with Crippen LogP contribution in [0.4, 0.5) is 39.5 Å². The molecule has 0 aliphatic rings. The fourth-order valence-electron chi connectivity index (χ4n) is 5.41. The van der Waals surface area contributed by atoms with Crippen LogP contribution in [0.25, 0.3) is 22.1 Å². The fourth-order valence-corrected chi connectivity index (χ4v) is 5.41. The quantitative estimate of drug-likeness (QED) is 0.0713. The van der Waals surface area contributed by atoms with Gasteiger partial charge in [-0.1, -0.05) is 73.4 Å². The van der Waals surface area contributed by atoms with Gasteiger partial charge in [0.15, 0.2) is 13.2 Å². The maximum atomic E-state index is 14.7. The maximum absolute atomic E-state index is 14.7. The summed E-state index contributed by atoms with van der Waals surface area (Å²) in [5.41, 5.74) is -4.38. The molecule has 0 saturated carbocycles. The topological polar surface area (TPSA) is 65.7 Å². The van der Waals surface area contributed by atoms with Crippen LogP contribution in [-0.4, -0.2) is 37.0 Å². The molecule has 0 aliphatic heterocycles. The molecule has 284 valence electrons. The van der Waals surface area contributed by atoms with Gasteiger partial charge in [0.25, 0.3) is 0 Å². The number of hydrogen-bond acceptors (Lipinski definition) is 5. The standard InChI is InChI=1S/C37H43F9O5/c1-8-9-10-11-22-12-15-25(27(16-22)36(42,43)44)26-17-23-13-14-24(18-29(23)51-30(26)47)49-20-34(38,39)37(45,46)35(40,41)21-50-31(48)28(33(5,6)7)19-32(2,3)4/h12-18,28H,8-11,19-21H2,1-7H3. The maximum Gasteiger partial charge on any atom is 0.417 e. The average molecular weight is 739 g/mol. The van der Waals surface area contributed by atoms with E-state index in [0.29, 0.717) is 18.4 Å². The SMILES string of the molecule is CCCCCc1ccc(-c2cc3ccc(OCC(F)(F)C(F)(F)C(F)(F)COC(=O)C(CC(C)(C)C)C(C)(C)C)cc3oc2=O)c(C(F)(F)F)c1. The lowest BCUT2D eigenvalue weighted by molar-refractivity contribution is -0.322. The molecule has 3 aromatic rings. The second-order valence-electron chi connectivity index (χ2n) is 15.0. The molecule has 1 aromatic heterocycles. The number of hydrogen-bond donors (Lipinski definition) is 0. The number of rotatable bonds is 14. The number of benzene rings is 2. The molecule has 0 radical (unpaired) electrons. The lowest BCUT2D eigenvalue weighted by Crippen LogP contribution is -2.58. The molecule has 0 fully saturated rings. The lowest BCUT2D eigenvalue weighted by atomic mass is 9.72. The van der Waals surface area contributed by atoms with Crippen molar-refractivity contribution in [2.75, 3.05) is 13.2 Å². The molecule has 1 atom stereocenters. The number of fused-ring (bicyclic) bond motifs is 1. The van der Waals surface area contributed by atoms with Crippen molar-refractivity contribution in [1.29, 1.82) is 0 Å². The Bertz CT molecular complexity index is 1730. The minimum Gasteiger partial charge on any atom is -0.487 e. The molecular formula is C37H43F9O5. The summed E-state index contributed by atoms with van der Waals surface area (Å²) >= 11 is 0. The number of carbonyl (C=O) groups excluding carboxylic acids is 1. The van der Waals surface area contributed by atoms with Crippen molar-refractivity contribution < 1.29 is 58.2 Å². The van der Waals surface area contributed by atoms with E-state index in [2.05, 4.69) is 4.74 Å². The van der Waals surface area contributed by atoms with Crippen molar-refractivity contribution in [3.8, 4) is 16.9 Å². The van der Waals surface area contributed by atoms with Crippen LogP contribution in [0.3, 0.4) is 0 Å². The van der Waals surface area contributed by atoms with E-state index in [1.165, 1.54) is 6.07 Å². The first kappa shape index (κ1) is 41.7. The number of ether oxygens (including phenoxy) is 2. The highest BCUT2D eigenvalue weighted by Gasteiger charge is 2.72. The van der Waals surface area contributed by atoms with Crippen LogP contribution >= 0.6 is 0 Å². The van der Waals surface area contributed by atoms with Crippen LogP contribution in [0, 0.1) is 16.7 Å². The first-order chi connectivity index (χ1) is 23.2. The molecule has 2 aromatic carbocycles. The molecule has 0 spiro atoms. The molecule has 0 bridgehead atoms. The van der Waals surface area contributed by atoms with E-state index in [4.69, 9.17) is 9.15 Å². The van der Waals surface area contributed by atoms with Gasteiger partial charge in [0.2, 0.25) is 0 Å². The van der Waals surface area contributed by atoms with Crippen LogP contribution < -0.4 is 10.4 Å². The minimum absolute atomic E-state index is 0.0301.